The first-order valence-corrected chi connectivity index (χ1v) is 5.10. The molecule has 0 amide bonds. The average Bonchev–Trinajstić information content (AvgIpc) is 2.28. The molecule has 1 aromatic carbocycles. The minimum atomic E-state index is -0.742. The van der Waals surface area contributed by atoms with Gasteiger partial charge in [-0.1, -0.05) is 17.7 Å². The third kappa shape index (κ3) is 2.87. The number of carbonyl (C=O) groups is 1. The topological polar surface area (TPSA) is 55.8 Å². The summed E-state index contributed by atoms with van der Waals surface area (Å²) in [6.07, 6.45) is -0.742. The van der Waals surface area contributed by atoms with Crippen LogP contribution in [0.3, 0.4) is 0 Å². The second-order valence-corrected chi connectivity index (χ2v) is 3.57. The van der Waals surface area contributed by atoms with E-state index in [-0.39, 0.29) is 6.61 Å². The van der Waals surface area contributed by atoms with E-state index in [4.69, 9.17) is 21.4 Å². The maximum Gasteiger partial charge on any atom is 0.346 e. The van der Waals surface area contributed by atoms with Crippen LogP contribution in [0.4, 0.5) is 0 Å². The molecule has 0 aliphatic heterocycles. The molecule has 0 aromatic heterocycles. The number of ether oxygens (including phenoxy) is 2. The average molecular weight is 245 g/mol. The van der Waals surface area contributed by atoms with E-state index >= 15 is 0 Å². The lowest BCUT2D eigenvalue weighted by Crippen LogP contribution is -2.25. The van der Waals surface area contributed by atoms with E-state index in [1.54, 1.807) is 25.1 Å². The van der Waals surface area contributed by atoms with Crippen LogP contribution in [0.5, 0.6) is 5.75 Å². The number of esters is 1. The Hall–Kier alpha value is -1.26. The van der Waals surface area contributed by atoms with E-state index in [0.29, 0.717) is 16.3 Å². The molecule has 4 nitrogen and oxygen atoms in total. The van der Waals surface area contributed by atoms with Crippen LogP contribution in [-0.4, -0.2) is 24.3 Å². The SMILES string of the molecule is COC(=O)C(C)Oc1cccc(Cl)c1CO. The first kappa shape index (κ1) is 12.8. The van der Waals surface area contributed by atoms with Gasteiger partial charge in [-0.3, -0.25) is 0 Å². The normalized spacial score (nSPS) is 12.0. The highest BCUT2D eigenvalue weighted by molar-refractivity contribution is 6.31. The van der Waals surface area contributed by atoms with E-state index in [2.05, 4.69) is 4.74 Å². The minimum Gasteiger partial charge on any atom is -0.479 e. The maximum atomic E-state index is 11.2. The van der Waals surface area contributed by atoms with Crippen LogP contribution in [0, 0.1) is 0 Å². The summed E-state index contributed by atoms with van der Waals surface area (Å²) in [5.41, 5.74) is 0.458. The van der Waals surface area contributed by atoms with Gasteiger partial charge in [0.2, 0.25) is 0 Å². The Kier molecular flexibility index (Phi) is 4.58. The lowest BCUT2D eigenvalue weighted by atomic mass is 10.2. The summed E-state index contributed by atoms with van der Waals surface area (Å²) < 4.78 is 9.88. The minimum absolute atomic E-state index is 0.247. The van der Waals surface area contributed by atoms with E-state index in [1.165, 1.54) is 7.11 Å². The Balaban J connectivity index is 2.88. The number of hydrogen-bond donors (Lipinski definition) is 1. The van der Waals surface area contributed by atoms with Crippen LogP contribution >= 0.6 is 11.6 Å². The molecular weight excluding hydrogens is 232 g/mol. The zero-order valence-corrected chi connectivity index (χ0v) is 9.82. The van der Waals surface area contributed by atoms with Gasteiger partial charge >= 0.3 is 5.97 Å². The van der Waals surface area contributed by atoms with Gasteiger partial charge in [-0.15, -0.1) is 0 Å². The summed E-state index contributed by atoms with van der Waals surface area (Å²) >= 11 is 5.87. The van der Waals surface area contributed by atoms with Crippen molar-refractivity contribution in [1.82, 2.24) is 0 Å². The summed E-state index contributed by atoms with van der Waals surface area (Å²) in [5, 5.41) is 9.53. The molecule has 0 aliphatic carbocycles. The van der Waals surface area contributed by atoms with Crippen LogP contribution < -0.4 is 4.74 Å². The van der Waals surface area contributed by atoms with Gasteiger partial charge in [0.15, 0.2) is 6.10 Å². The van der Waals surface area contributed by atoms with Crippen LogP contribution in [0.15, 0.2) is 18.2 Å². The summed E-state index contributed by atoms with van der Waals surface area (Å²) in [5.74, 6) is -0.100. The predicted molar refractivity (Wildman–Crippen MR) is 59.5 cm³/mol. The van der Waals surface area contributed by atoms with Crippen molar-refractivity contribution in [3.05, 3.63) is 28.8 Å². The Morgan fingerprint density at radius 2 is 2.25 bits per heavy atom. The summed E-state index contributed by atoms with van der Waals surface area (Å²) in [6.45, 7) is 1.32. The fraction of sp³-hybridized carbons (Fsp3) is 0.364. The predicted octanol–water partition coefficient (Wildman–Crippen LogP) is 1.77. The van der Waals surface area contributed by atoms with E-state index in [1.807, 2.05) is 0 Å². The number of hydrogen-bond acceptors (Lipinski definition) is 4. The zero-order valence-electron chi connectivity index (χ0n) is 9.07. The van der Waals surface area contributed by atoms with Gasteiger partial charge in [0.1, 0.15) is 5.75 Å². The van der Waals surface area contributed by atoms with Crippen molar-refractivity contribution in [3.8, 4) is 5.75 Å². The lowest BCUT2D eigenvalue weighted by Gasteiger charge is -2.15. The van der Waals surface area contributed by atoms with Gasteiger partial charge in [-0.05, 0) is 19.1 Å². The van der Waals surface area contributed by atoms with Gasteiger partial charge in [0, 0.05) is 10.6 Å². The molecule has 88 valence electrons. The van der Waals surface area contributed by atoms with Gasteiger partial charge < -0.3 is 14.6 Å². The number of benzene rings is 1. The number of carbonyl (C=O) groups excluding carboxylic acids is 1. The number of rotatable bonds is 4. The molecule has 0 bridgehead atoms. The second kappa shape index (κ2) is 5.72. The van der Waals surface area contributed by atoms with Gasteiger partial charge in [-0.25, -0.2) is 4.79 Å². The number of aliphatic hydroxyl groups is 1. The van der Waals surface area contributed by atoms with Crippen LogP contribution in [0.2, 0.25) is 5.02 Å². The maximum absolute atomic E-state index is 11.2. The van der Waals surface area contributed by atoms with Gasteiger partial charge in [0.25, 0.3) is 0 Å². The van der Waals surface area contributed by atoms with Crippen molar-refractivity contribution >= 4 is 17.6 Å². The van der Waals surface area contributed by atoms with Crippen LogP contribution in [-0.2, 0) is 16.1 Å². The molecule has 0 heterocycles. The first-order chi connectivity index (χ1) is 7.60. The molecule has 1 atom stereocenters. The van der Waals surface area contributed by atoms with Crippen molar-refractivity contribution < 1.29 is 19.4 Å². The highest BCUT2D eigenvalue weighted by Crippen LogP contribution is 2.27. The molecule has 0 fully saturated rings. The molecular formula is C11H13ClO4. The molecule has 1 aromatic rings. The monoisotopic (exact) mass is 244 g/mol. The Morgan fingerprint density at radius 3 is 2.81 bits per heavy atom. The molecule has 0 spiro atoms. The van der Waals surface area contributed by atoms with Crippen molar-refractivity contribution in [2.45, 2.75) is 19.6 Å². The van der Waals surface area contributed by atoms with Crippen molar-refractivity contribution in [2.75, 3.05) is 7.11 Å². The summed E-state index contributed by atoms with van der Waals surface area (Å²) in [4.78, 5) is 11.2. The van der Waals surface area contributed by atoms with Gasteiger partial charge in [0.05, 0.1) is 13.7 Å². The van der Waals surface area contributed by atoms with Crippen molar-refractivity contribution in [1.29, 1.82) is 0 Å². The van der Waals surface area contributed by atoms with Crippen LogP contribution in [0.25, 0.3) is 0 Å². The fourth-order valence-electron chi connectivity index (χ4n) is 1.21. The summed E-state index contributed by atoms with van der Waals surface area (Å²) in [6, 6.07) is 4.96. The molecule has 1 rings (SSSR count). The summed E-state index contributed by atoms with van der Waals surface area (Å²) in [7, 11) is 1.28. The molecule has 0 aliphatic rings. The second-order valence-electron chi connectivity index (χ2n) is 3.16. The molecule has 0 radical (unpaired) electrons. The Morgan fingerprint density at radius 1 is 1.56 bits per heavy atom. The van der Waals surface area contributed by atoms with E-state index < -0.39 is 12.1 Å². The quantitative estimate of drug-likeness (QED) is 0.821. The third-order valence-corrected chi connectivity index (χ3v) is 2.42. The standard InChI is InChI=1S/C11H13ClO4/c1-7(11(14)15-2)16-10-5-3-4-9(12)8(10)6-13/h3-5,7,13H,6H2,1-2H3. The van der Waals surface area contributed by atoms with Crippen molar-refractivity contribution in [2.24, 2.45) is 0 Å². The Labute approximate surface area is 98.7 Å². The largest absolute Gasteiger partial charge is 0.479 e. The first-order valence-electron chi connectivity index (χ1n) is 4.73. The highest BCUT2D eigenvalue weighted by atomic mass is 35.5. The number of aliphatic hydroxyl groups excluding tert-OH is 1. The Bertz CT molecular complexity index is 378. The van der Waals surface area contributed by atoms with Gasteiger partial charge in [-0.2, -0.15) is 0 Å². The lowest BCUT2D eigenvalue weighted by molar-refractivity contribution is -0.147. The molecule has 1 N–H and O–H groups in total. The zero-order chi connectivity index (χ0) is 12.1. The molecule has 5 heteroatoms. The molecule has 0 saturated heterocycles. The highest BCUT2D eigenvalue weighted by Gasteiger charge is 2.17. The third-order valence-electron chi connectivity index (χ3n) is 2.07. The number of methoxy groups -OCH3 is 1. The number of halogens is 1. The smallest absolute Gasteiger partial charge is 0.346 e. The fourth-order valence-corrected chi connectivity index (χ4v) is 1.43. The van der Waals surface area contributed by atoms with E-state index in [0.717, 1.165) is 0 Å². The van der Waals surface area contributed by atoms with E-state index in [9.17, 15) is 4.79 Å². The molecule has 16 heavy (non-hydrogen) atoms. The molecule has 1 unspecified atom stereocenters. The molecule has 0 saturated carbocycles. The van der Waals surface area contributed by atoms with Crippen molar-refractivity contribution in [3.63, 3.8) is 0 Å². The van der Waals surface area contributed by atoms with Crippen LogP contribution in [0.1, 0.15) is 12.5 Å².